The van der Waals surface area contributed by atoms with Crippen molar-refractivity contribution in [1.82, 2.24) is 9.80 Å². The number of hydrogen-bond acceptors (Lipinski definition) is 6. The number of likely N-dealkylation sites (N-methyl/N-ethyl adjacent to an activating group) is 1. The van der Waals surface area contributed by atoms with Gasteiger partial charge in [0.05, 0.1) is 12.7 Å². The van der Waals surface area contributed by atoms with Gasteiger partial charge in [0.2, 0.25) is 0 Å². The zero-order chi connectivity index (χ0) is 15.9. The Balaban J connectivity index is 1.79. The number of esters is 1. The van der Waals surface area contributed by atoms with Crippen molar-refractivity contribution in [2.45, 2.75) is 25.9 Å². The molecule has 1 aliphatic rings. The fourth-order valence-corrected chi connectivity index (χ4v) is 3.35. The summed E-state index contributed by atoms with van der Waals surface area (Å²) in [4.78, 5) is 17.9. The van der Waals surface area contributed by atoms with Gasteiger partial charge in [-0.05, 0) is 32.0 Å². The number of thiophene rings is 1. The average molecular weight is 326 g/mol. The monoisotopic (exact) mass is 326 g/mol. The van der Waals surface area contributed by atoms with Gasteiger partial charge in [-0.15, -0.1) is 11.3 Å². The molecule has 1 aromatic heterocycles. The van der Waals surface area contributed by atoms with E-state index in [1.165, 1.54) is 11.3 Å². The van der Waals surface area contributed by atoms with Gasteiger partial charge in [-0.25, -0.2) is 4.79 Å². The van der Waals surface area contributed by atoms with Crippen LogP contribution in [0.5, 0.6) is 0 Å². The Morgan fingerprint density at radius 1 is 1.36 bits per heavy atom. The van der Waals surface area contributed by atoms with Gasteiger partial charge >= 0.3 is 5.97 Å². The Labute approximate surface area is 136 Å². The van der Waals surface area contributed by atoms with Crippen molar-refractivity contribution in [1.29, 1.82) is 0 Å². The van der Waals surface area contributed by atoms with E-state index in [1.54, 1.807) is 6.07 Å². The van der Waals surface area contributed by atoms with Crippen LogP contribution >= 0.6 is 11.3 Å². The van der Waals surface area contributed by atoms with Crippen LogP contribution in [-0.4, -0.2) is 67.3 Å². The number of aliphatic hydroxyl groups is 1. The summed E-state index contributed by atoms with van der Waals surface area (Å²) in [6.07, 6.45) is 1.02. The fourth-order valence-electron chi connectivity index (χ4n) is 2.43. The lowest BCUT2D eigenvalue weighted by Gasteiger charge is -2.32. The molecule has 1 N–H and O–H groups in total. The highest BCUT2D eigenvalue weighted by Gasteiger charge is 2.18. The molecule has 0 spiro atoms. The lowest BCUT2D eigenvalue weighted by Crippen LogP contribution is -2.44. The van der Waals surface area contributed by atoms with Crippen molar-refractivity contribution in [2.75, 3.05) is 46.4 Å². The summed E-state index contributed by atoms with van der Waals surface area (Å²) >= 11 is 1.34. The molecule has 124 valence electrons. The maximum Gasteiger partial charge on any atom is 0.348 e. The first-order valence-electron chi connectivity index (χ1n) is 7.96. The quantitative estimate of drug-likeness (QED) is 0.777. The third-order valence-corrected chi connectivity index (χ3v) is 5.07. The van der Waals surface area contributed by atoms with E-state index in [0.717, 1.165) is 44.0 Å². The molecule has 1 atom stereocenters. The molecule has 5 nitrogen and oxygen atoms in total. The van der Waals surface area contributed by atoms with Gasteiger partial charge in [0.1, 0.15) is 4.88 Å². The minimum Gasteiger partial charge on any atom is -0.462 e. The van der Waals surface area contributed by atoms with Crippen LogP contribution in [-0.2, 0) is 4.74 Å². The summed E-state index contributed by atoms with van der Waals surface area (Å²) in [5.41, 5.74) is 0. The predicted octanol–water partition coefficient (Wildman–Crippen LogP) is 1.99. The molecule has 1 aliphatic heterocycles. The highest BCUT2D eigenvalue weighted by molar-refractivity contribution is 7.14. The van der Waals surface area contributed by atoms with Gasteiger partial charge in [-0.1, -0.05) is 6.92 Å². The molecule has 0 amide bonds. The smallest absolute Gasteiger partial charge is 0.348 e. The first-order chi connectivity index (χ1) is 10.6. The van der Waals surface area contributed by atoms with E-state index in [0.29, 0.717) is 17.9 Å². The minimum atomic E-state index is -0.502. The van der Waals surface area contributed by atoms with E-state index >= 15 is 0 Å². The van der Waals surface area contributed by atoms with Crippen molar-refractivity contribution in [3.8, 4) is 0 Å². The van der Waals surface area contributed by atoms with E-state index < -0.39 is 6.10 Å². The largest absolute Gasteiger partial charge is 0.462 e. The third-order valence-electron chi connectivity index (χ3n) is 3.91. The van der Waals surface area contributed by atoms with E-state index in [-0.39, 0.29) is 5.97 Å². The number of nitrogens with zero attached hydrogens (tertiary/aromatic N) is 2. The van der Waals surface area contributed by atoms with Crippen LogP contribution in [0.4, 0.5) is 0 Å². The molecular weight excluding hydrogens is 300 g/mol. The Hall–Kier alpha value is -0.950. The maximum atomic E-state index is 11.8. The summed E-state index contributed by atoms with van der Waals surface area (Å²) in [5.74, 6) is -0.288. The molecule has 1 aromatic rings. The number of carbonyl (C=O) groups excluding carboxylic acids is 1. The number of piperazine rings is 1. The van der Waals surface area contributed by atoms with Crippen LogP contribution in [0.3, 0.4) is 0 Å². The number of ether oxygens (including phenoxy) is 1. The molecule has 0 bridgehead atoms. The lowest BCUT2D eigenvalue weighted by atomic mass is 10.2. The fraction of sp³-hybridized carbons (Fsp3) is 0.688. The predicted molar refractivity (Wildman–Crippen MR) is 88.4 cm³/mol. The van der Waals surface area contributed by atoms with Crippen LogP contribution in [0.2, 0.25) is 0 Å². The molecule has 1 saturated heterocycles. The highest BCUT2D eigenvalue weighted by atomic mass is 32.1. The van der Waals surface area contributed by atoms with Crippen LogP contribution in [0.15, 0.2) is 12.1 Å². The van der Waals surface area contributed by atoms with Gasteiger partial charge in [-0.2, -0.15) is 0 Å². The van der Waals surface area contributed by atoms with E-state index in [4.69, 9.17) is 4.74 Å². The minimum absolute atomic E-state index is 0.288. The molecule has 6 heteroatoms. The second-order valence-corrected chi connectivity index (χ2v) is 6.90. The van der Waals surface area contributed by atoms with E-state index in [1.807, 2.05) is 13.0 Å². The SMILES string of the molecule is CCCOC(=O)c1ccc(C(O)CCN2CCN(C)CC2)s1. The van der Waals surface area contributed by atoms with Gasteiger partial charge < -0.3 is 19.6 Å². The summed E-state index contributed by atoms with van der Waals surface area (Å²) in [7, 11) is 2.14. The number of aliphatic hydroxyl groups excluding tert-OH is 1. The lowest BCUT2D eigenvalue weighted by molar-refractivity contribution is 0.0511. The molecule has 2 heterocycles. The molecule has 0 aliphatic carbocycles. The van der Waals surface area contributed by atoms with Gasteiger partial charge in [0.25, 0.3) is 0 Å². The standard InChI is InChI=1S/C16H26N2O3S/c1-3-12-21-16(20)15-5-4-14(22-15)13(19)6-7-18-10-8-17(2)9-11-18/h4-5,13,19H,3,6-12H2,1-2H3. The van der Waals surface area contributed by atoms with Crippen molar-refractivity contribution < 1.29 is 14.6 Å². The number of hydrogen-bond donors (Lipinski definition) is 1. The average Bonchev–Trinajstić information content (AvgIpc) is 3.02. The van der Waals surface area contributed by atoms with Crippen molar-refractivity contribution in [2.24, 2.45) is 0 Å². The zero-order valence-corrected chi connectivity index (χ0v) is 14.3. The molecule has 1 fully saturated rings. The van der Waals surface area contributed by atoms with Crippen LogP contribution in [0.1, 0.15) is 40.4 Å². The Bertz CT molecular complexity index is 470. The molecule has 0 saturated carbocycles. The Kier molecular flexibility index (Phi) is 6.82. The third kappa shape index (κ3) is 5.05. The van der Waals surface area contributed by atoms with Gasteiger partial charge in [0.15, 0.2) is 0 Å². The van der Waals surface area contributed by atoms with Crippen LogP contribution in [0.25, 0.3) is 0 Å². The number of rotatable bonds is 7. The molecule has 1 unspecified atom stereocenters. The molecule has 2 rings (SSSR count). The highest BCUT2D eigenvalue weighted by Crippen LogP contribution is 2.26. The molecule has 0 radical (unpaired) electrons. The molecule has 22 heavy (non-hydrogen) atoms. The van der Waals surface area contributed by atoms with Gasteiger partial charge in [-0.3, -0.25) is 0 Å². The summed E-state index contributed by atoms with van der Waals surface area (Å²) in [6.45, 7) is 7.59. The van der Waals surface area contributed by atoms with Crippen LogP contribution < -0.4 is 0 Å². The topological polar surface area (TPSA) is 53.0 Å². The summed E-state index contributed by atoms with van der Waals surface area (Å²) < 4.78 is 5.11. The Morgan fingerprint density at radius 3 is 2.77 bits per heavy atom. The summed E-state index contributed by atoms with van der Waals surface area (Å²) in [6, 6.07) is 3.58. The first kappa shape index (κ1) is 17.4. The molecule has 0 aromatic carbocycles. The van der Waals surface area contributed by atoms with E-state index in [9.17, 15) is 9.90 Å². The second kappa shape index (κ2) is 8.62. The van der Waals surface area contributed by atoms with Crippen molar-refractivity contribution in [3.63, 3.8) is 0 Å². The van der Waals surface area contributed by atoms with Gasteiger partial charge in [0, 0.05) is 37.6 Å². The second-order valence-electron chi connectivity index (χ2n) is 5.79. The maximum absolute atomic E-state index is 11.8. The number of carbonyl (C=O) groups is 1. The normalized spacial score (nSPS) is 18.3. The van der Waals surface area contributed by atoms with E-state index in [2.05, 4.69) is 16.8 Å². The first-order valence-corrected chi connectivity index (χ1v) is 8.77. The van der Waals surface area contributed by atoms with Crippen molar-refractivity contribution in [3.05, 3.63) is 21.9 Å². The molecular formula is C16H26N2O3S. The zero-order valence-electron chi connectivity index (χ0n) is 13.5. The van der Waals surface area contributed by atoms with Crippen molar-refractivity contribution >= 4 is 17.3 Å². The van der Waals surface area contributed by atoms with Crippen LogP contribution in [0, 0.1) is 0 Å². The summed E-state index contributed by atoms with van der Waals surface area (Å²) in [5, 5.41) is 10.3. The Morgan fingerprint density at radius 2 is 2.09 bits per heavy atom.